The number of carbonyl (C=O) groups excluding carboxylic acids is 1. The number of pyridine rings is 2. The van der Waals surface area contributed by atoms with Gasteiger partial charge in [0, 0.05) is 40.8 Å². The summed E-state index contributed by atoms with van der Waals surface area (Å²) in [6.45, 7) is 4.05. The van der Waals surface area contributed by atoms with Crippen LogP contribution in [0.2, 0.25) is 10.3 Å². The summed E-state index contributed by atoms with van der Waals surface area (Å²) in [5.41, 5.74) is 3.49. The molecule has 3 aromatic heterocycles. The summed E-state index contributed by atoms with van der Waals surface area (Å²) in [4.78, 5) is 29.2. The van der Waals surface area contributed by atoms with Crippen LogP contribution in [0.3, 0.4) is 0 Å². The van der Waals surface area contributed by atoms with Gasteiger partial charge in [0.05, 0.1) is 6.04 Å². The lowest BCUT2D eigenvalue weighted by Gasteiger charge is -2.38. The first-order valence-electron chi connectivity index (χ1n) is 9.86. The van der Waals surface area contributed by atoms with E-state index in [9.17, 15) is 4.79 Å². The number of allylic oxidation sites excluding steroid dienone is 1. The van der Waals surface area contributed by atoms with E-state index in [1.54, 1.807) is 54.5 Å². The molecule has 1 aliphatic rings. The molecule has 9 heteroatoms. The molecule has 0 saturated carbocycles. The first-order valence-corrected chi connectivity index (χ1v) is 12.5. The molecule has 32 heavy (non-hydrogen) atoms. The van der Waals surface area contributed by atoms with Crippen LogP contribution in [0, 0.1) is 0 Å². The van der Waals surface area contributed by atoms with Gasteiger partial charge in [0.1, 0.15) is 10.3 Å². The Balaban J connectivity index is 1.72. The van der Waals surface area contributed by atoms with Crippen LogP contribution in [-0.2, 0) is 17.1 Å². The molecular formula is C23H20Cl2N4OS2. The Morgan fingerprint density at radius 3 is 2.34 bits per heavy atom. The predicted molar refractivity (Wildman–Crippen MR) is 133 cm³/mol. The second-order valence-corrected chi connectivity index (χ2v) is 9.96. The van der Waals surface area contributed by atoms with Gasteiger partial charge in [0.15, 0.2) is 11.0 Å². The number of Topliss-reactive ketones (excluding diaryl/α,β-unsaturated/α-hetero) is 1. The second kappa shape index (κ2) is 10.2. The van der Waals surface area contributed by atoms with Crippen molar-refractivity contribution in [2.45, 2.75) is 32.2 Å². The summed E-state index contributed by atoms with van der Waals surface area (Å²) in [6.07, 6.45) is 3.53. The van der Waals surface area contributed by atoms with E-state index in [2.05, 4.69) is 20.9 Å². The summed E-state index contributed by atoms with van der Waals surface area (Å²) in [7, 11) is 0. The third-order valence-electron chi connectivity index (χ3n) is 4.97. The number of ketones is 1. The molecular weight excluding hydrogens is 483 g/mol. The maximum Gasteiger partial charge on any atom is 0.165 e. The monoisotopic (exact) mass is 502 g/mol. The molecule has 0 radical (unpaired) electrons. The lowest BCUT2D eigenvalue weighted by Crippen LogP contribution is -2.38. The van der Waals surface area contributed by atoms with E-state index in [4.69, 9.17) is 28.2 Å². The van der Waals surface area contributed by atoms with Crippen molar-refractivity contribution in [3.63, 3.8) is 0 Å². The molecule has 0 spiro atoms. The molecule has 0 N–H and O–H groups in total. The lowest BCUT2D eigenvalue weighted by atomic mass is 9.97. The number of amidine groups is 1. The molecule has 164 valence electrons. The number of carbonyl (C=O) groups is 1. The fourth-order valence-corrected chi connectivity index (χ4v) is 5.61. The molecule has 0 fully saturated rings. The van der Waals surface area contributed by atoms with E-state index < -0.39 is 0 Å². The van der Waals surface area contributed by atoms with Crippen LogP contribution in [-0.4, -0.2) is 25.8 Å². The van der Waals surface area contributed by atoms with Crippen molar-refractivity contribution < 1.29 is 4.79 Å². The highest BCUT2D eigenvalue weighted by atomic mass is 35.5. The smallest absolute Gasteiger partial charge is 0.165 e. The molecule has 0 amide bonds. The van der Waals surface area contributed by atoms with Crippen molar-refractivity contribution in [3.8, 4) is 0 Å². The number of nitrogens with zero attached hydrogens (tertiary/aromatic N) is 4. The molecule has 1 atom stereocenters. The highest BCUT2D eigenvalue weighted by molar-refractivity contribution is 8.13. The molecule has 4 rings (SSSR count). The number of hydrogen-bond donors (Lipinski definition) is 0. The van der Waals surface area contributed by atoms with E-state index in [1.807, 2.05) is 30.5 Å². The first-order chi connectivity index (χ1) is 15.4. The van der Waals surface area contributed by atoms with E-state index in [0.29, 0.717) is 28.2 Å². The van der Waals surface area contributed by atoms with Crippen LogP contribution in [0.4, 0.5) is 0 Å². The van der Waals surface area contributed by atoms with Crippen molar-refractivity contribution in [1.29, 1.82) is 0 Å². The highest BCUT2D eigenvalue weighted by Crippen LogP contribution is 2.40. The number of thiophene rings is 1. The average Bonchev–Trinajstić information content (AvgIpc) is 3.30. The van der Waals surface area contributed by atoms with E-state index in [-0.39, 0.29) is 11.8 Å². The predicted octanol–water partition coefficient (Wildman–Crippen LogP) is 6.55. The minimum Gasteiger partial charge on any atom is -0.335 e. The number of halogens is 2. The number of aliphatic imine (C=N–C) groups is 1. The van der Waals surface area contributed by atoms with Crippen molar-refractivity contribution in [1.82, 2.24) is 14.9 Å². The quantitative estimate of drug-likeness (QED) is 0.357. The molecule has 1 aliphatic heterocycles. The SMILES string of the molecule is CC(=O)C1=C(C)N=C(SCc2ccc(Cl)nc2)N(Cc2ccc(Cl)nc2)C1c1cccs1. The van der Waals surface area contributed by atoms with Gasteiger partial charge < -0.3 is 4.90 Å². The lowest BCUT2D eigenvalue weighted by molar-refractivity contribution is -0.114. The van der Waals surface area contributed by atoms with Gasteiger partial charge in [0.2, 0.25) is 0 Å². The van der Waals surface area contributed by atoms with Gasteiger partial charge in [-0.3, -0.25) is 4.79 Å². The molecule has 3 aromatic rings. The first kappa shape index (κ1) is 23.0. The van der Waals surface area contributed by atoms with Crippen LogP contribution >= 0.6 is 46.3 Å². The van der Waals surface area contributed by atoms with E-state index in [1.165, 1.54) is 0 Å². The minimum absolute atomic E-state index is 0.0230. The van der Waals surface area contributed by atoms with Crippen LogP contribution in [0.1, 0.15) is 35.9 Å². The Hall–Kier alpha value is -2.19. The Kier molecular flexibility index (Phi) is 7.30. The van der Waals surface area contributed by atoms with Crippen LogP contribution in [0.15, 0.2) is 70.4 Å². The number of thioether (sulfide) groups is 1. The van der Waals surface area contributed by atoms with Crippen LogP contribution in [0.25, 0.3) is 0 Å². The fraction of sp³-hybridized carbons (Fsp3) is 0.217. The highest BCUT2D eigenvalue weighted by Gasteiger charge is 2.35. The summed E-state index contributed by atoms with van der Waals surface area (Å²) in [5.74, 6) is 0.702. The summed E-state index contributed by atoms with van der Waals surface area (Å²) >= 11 is 15.2. The maximum absolute atomic E-state index is 12.7. The number of rotatable bonds is 6. The zero-order chi connectivity index (χ0) is 22.7. The zero-order valence-corrected chi connectivity index (χ0v) is 20.6. The third kappa shape index (κ3) is 5.23. The zero-order valence-electron chi connectivity index (χ0n) is 17.5. The standard InChI is InChI=1S/C23H20Cl2N4OS2/c1-14-21(15(2)30)22(18-4-3-9-31-18)29(12-16-5-7-19(24)26-10-16)23(28-14)32-13-17-6-8-20(25)27-11-17/h3-11,22H,12-13H2,1-2H3. The van der Waals surface area contributed by atoms with Crippen molar-refractivity contribution in [2.75, 3.05) is 0 Å². The average molecular weight is 503 g/mol. The molecule has 0 aliphatic carbocycles. The number of hydrogen-bond acceptors (Lipinski definition) is 7. The van der Waals surface area contributed by atoms with Gasteiger partial charge >= 0.3 is 0 Å². The summed E-state index contributed by atoms with van der Waals surface area (Å²) in [6, 6.07) is 11.3. The molecule has 4 heterocycles. The van der Waals surface area contributed by atoms with E-state index >= 15 is 0 Å². The van der Waals surface area contributed by atoms with Gasteiger partial charge in [-0.2, -0.15) is 0 Å². The third-order valence-corrected chi connectivity index (χ3v) is 7.41. The molecule has 1 unspecified atom stereocenters. The van der Waals surface area contributed by atoms with Crippen LogP contribution in [0.5, 0.6) is 0 Å². The normalized spacial score (nSPS) is 16.3. The minimum atomic E-state index is -0.216. The Morgan fingerprint density at radius 1 is 1.09 bits per heavy atom. The Labute approximate surface area is 205 Å². The molecule has 5 nitrogen and oxygen atoms in total. The van der Waals surface area contributed by atoms with Gasteiger partial charge in [-0.05, 0) is 48.6 Å². The van der Waals surface area contributed by atoms with Crippen molar-refractivity contribution in [2.24, 2.45) is 4.99 Å². The Morgan fingerprint density at radius 2 is 1.78 bits per heavy atom. The summed E-state index contributed by atoms with van der Waals surface area (Å²) in [5, 5.41) is 3.78. The summed E-state index contributed by atoms with van der Waals surface area (Å²) < 4.78 is 0. The largest absolute Gasteiger partial charge is 0.335 e. The topological polar surface area (TPSA) is 58.5 Å². The number of aromatic nitrogens is 2. The molecule has 0 saturated heterocycles. The van der Waals surface area contributed by atoms with Gasteiger partial charge in [0.25, 0.3) is 0 Å². The van der Waals surface area contributed by atoms with Gasteiger partial charge in [-0.15, -0.1) is 11.3 Å². The molecule has 0 bridgehead atoms. The second-order valence-electron chi connectivity index (χ2n) is 7.26. The van der Waals surface area contributed by atoms with Crippen molar-refractivity contribution in [3.05, 3.63) is 91.8 Å². The Bertz CT molecular complexity index is 1160. The maximum atomic E-state index is 12.7. The van der Waals surface area contributed by atoms with Gasteiger partial charge in [-0.1, -0.05) is 53.2 Å². The van der Waals surface area contributed by atoms with Gasteiger partial charge in [-0.25, -0.2) is 15.0 Å². The fourth-order valence-electron chi connectivity index (χ4n) is 3.53. The molecule has 0 aromatic carbocycles. The van der Waals surface area contributed by atoms with Crippen molar-refractivity contribution >= 4 is 57.3 Å². The van der Waals surface area contributed by atoms with Crippen LogP contribution < -0.4 is 0 Å². The van der Waals surface area contributed by atoms with E-state index in [0.717, 1.165) is 26.9 Å².